The minimum Gasteiger partial charge on any atom is -0.790 e. The number of hydrogen-bond acceptors (Lipinski definition) is 8. The van der Waals surface area contributed by atoms with Crippen molar-refractivity contribution in [2.45, 2.75) is 51.6 Å². The second kappa shape index (κ2) is 9.55. The van der Waals surface area contributed by atoms with Gasteiger partial charge < -0.3 is 24.0 Å². The summed E-state index contributed by atoms with van der Waals surface area (Å²) in [6, 6.07) is 0. The van der Waals surface area contributed by atoms with E-state index in [-0.39, 0.29) is 101 Å². The van der Waals surface area contributed by atoms with Gasteiger partial charge in [0, 0.05) is 23.2 Å². The maximum Gasteiger partial charge on any atom is 1.00 e. The number of carbonyl (C=O) groups excluding carboxylic acids is 3. The van der Waals surface area contributed by atoms with Crippen LogP contribution in [0.5, 0.6) is 0 Å². The third kappa shape index (κ3) is 4.44. The summed E-state index contributed by atoms with van der Waals surface area (Å²) in [5, 5.41) is 11.3. The Labute approximate surface area is 231 Å². The molecule has 4 rings (SSSR count). The van der Waals surface area contributed by atoms with Crippen LogP contribution in [0.3, 0.4) is 0 Å². The van der Waals surface area contributed by atoms with Crippen LogP contribution >= 0.6 is 7.82 Å². The standard InChI is InChI=1S/C21H27O8P.2Na/c1-19-7-5-13(22)9-12(19)3-4-14-15-6-8-21(25,17(24)11-29-30(26,27)28)20(15,2)10-16(23)18(14)19;;/h5,7,9,14-15,18,25H,3-4,6,8,10-11H2,1-2H3,(H2,26,27,28);;/q;2*+1/p-2. The molecule has 0 aromatic rings. The first kappa shape index (κ1) is 28.8. The van der Waals surface area contributed by atoms with E-state index >= 15 is 0 Å². The molecule has 6 unspecified atom stereocenters. The number of phosphoric acid groups is 1. The average molecular weight is 482 g/mol. The van der Waals surface area contributed by atoms with Crippen LogP contribution in [-0.2, 0) is 23.5 Å². The second-order valence-electron chi connectivity index (χ2n) is 9.58. The molecule has 3 saturated carbocycles. The van der Waals surface area contributed by atoms with E-state index in [2.05, 4.69) is 4.52 Å². The average Bonchev–Trinajstić information content (AvgIpc) is 2.91. The van der Waals surface area contributed by atoms with E-state index in [1.165, 1.54) is 6.08 Å². The smallest absolute Gasteiger partial charge is 0.790 e. The molecule has 0 aromatic carbocycles. The topological polar surface area (TPSA) is 144 Å². The van der Waals surface area contributed by atoms with Crippen molar-refractivity contribution in [3.05, 3.63) is 23.8 Å². The van der Waals surface area contributed by atoms with Crippen LogP contribution in [0, 0.1) is 28.6 Å². The molecule has 1 N–H and O–H groups in total. The molecule has 3 fully saturated rings. The van der Waals surface area contributed by atoms with Crippen molar-refractivity contribution in [3.63, 3.8) is 0 Å². The molecule has 0 spiro atoms. The molecule has 8 nitrogen and oxygen atoms in total. The van der Waals surface area contributed by atoms with Crippen LogP contribution in [0.1, 0.15) is 46.0 Å². The predicted octanol–water partition coefficient (Wildman–Crippen LogP) is -5.37. The second-order valence-corrected chi connectivity index (χ2v) is 10.7. The predicted molar refractivity (Wildman–Crippen MR) is 101 cm³/mol. The summed E-state index contributed by atoms with van der Waals surface area (Å²) in [4.78, 5) is 59.5. The Hall–Kier alpha value is 0.560. The van der Waals surface area contributed by atoms with E-state index in [4.69, 9.17) is 0 Å². The number of hydrogen-bond donors (Lipinski definition) is 1. The number of allylic oxidation sites excluding steroid dienone is 4. The van der Waals surface area contributed by atoms with Gasteiger partial charge in [-0.3, -0.25) is 14.4 Å². The fourth-order valence-corrected chi connectivity index (χ4v) is 7.02. The van der Waals surface area contributed by atoms with Gasteiger partial charge in [-0.25, -0.2) is 0 Å². The molecular formula is C21H25Na2O8P. The summed E-state index contributed by atoms with van der Waals surface area (Å²) >= 11 is 0. The summed E-state index contributed by atoms with van der Waals surface area (Å²) in [7, 11) is -5.35. The molecule has 32 heavy (non-hydrogen) atoms. The number of ketones is 3. The van der Waals surface area contributed by atoms with Gasteiger partial charge in [0.15, 0.2) is 11.6 Å². The number of fused-ring (bicyclic) bond motifs is 5. The Morgan fingerprint density at radius 2 is 1.91 bits per heavy atom. The van der Waals surface area contributed by atoms with Gasteiger partial charge in [0.25, 0.3) is 0 Å². The Bertz CT molecular complexity index is 942. The molecule has 0 saturated heterocycles. The van der Waals surface area contributed by atoms with Gasteiger partial charge in [-0.2, -0.15) is 0 Å². The zero-order chi connectivity index (χ0) is 22.1. The monoisotopic (exact) mass is 482 g/mol. The van der Waals surface area contributed by atoms with Gasteiger partial charge in [0.05, 0.1) is 7.82 Å². The Kier molecular flexibility index (Phi) is 8.59. The first-order chi connectivity index (χ1) is 13.8. The first-order valence-corrected chi connectivity index (χ1v) is 11.7. The minimum atomic E-state index is -5.35. The van der Waals surface area contributed by atoms with Gasteiger partial charge >= 0.3 is 59.1 Å². The van der Waals surface area contributed by atoms with E-state index in [9.17, 15) is 33.8 Å². The summed E-state index contributed by atoms with van der Waals surface area (Å²) < 4.78 is 14.9. The number of aliphatic hydroxyl groups is 1. The van der Waals surface area contributed by atoms with Crippen LogP contribution in [0.4, 0.5) is 0 Å². The van der Waals surface area contributed by atoms with E-state index in [0.717, 1.165) is 5.57 Å². The third-order valence-electron chi connectivity index (χ3n) is 8.22. The molecule has 164 valence electrons. The van der Waals surface area contributed by atoms with Crippen LogP contribution in [0.2, 0.25) is 0 Å². The minimum absolute atomic E-state index is 0. The van der Waals surface area contributed by atoms with E-state index in [1.54, 1.807) is 13.0 Å². The molecule has 0 heterocycles. The SMILES string of the molecule is CC12C=CC(=O)C=C1CCC1C2C(=O)CC2(C)C1CCC2(O)C(=O)COP(=O)([O-])[O-].[Na+].[Na+]. The molecule has 0 aliphatic heterocycles. The molecule has 0 radical (unpaired) electrons. The fraction of sp³-hybridized carbons (Fsp3) is 0.667. The van der Waals surface area contributed by atoms with E-state index in [1.807, 2.05) is 13.0 Å². The molecule has 6 atom stereocenters. The molecule has 0 amide bonds. The number of rotatable bonds is 4. The van der Waals surface area contributed by atoms with Gasteiger partial charge in [-0.15, -0.1) is 0 Å². The molecule has 4 aliphatic rings. The fourth-order valence-electron chi connectivity index (χ4n) is 6.75. The Morgan fingerprint density at radius 1 is 1.25 bits per heavy atom. The summed E-state index contributed by atoms with van der Waals surface area (Å²) in [6.45, 7) is 2.65. The summed E-state index contributed by atoms with van der Waals surface area (Å²) in [6.07, 6.45) is 6.85. The Balaban J connectivity index is 0.00000181. The Morgan fingerprint density at radius 3 is 2.53 bits per heavy atom. The van der Waals surface area contributed by atoms with Crippen molar-refractivity contribution in [2.24, 2.45) is 28.6 Å². The van der Waals surface area contributed by atoms with Crippen LogP contribution in [0.15, 0.2) is 23.8 Å². The van der Waals surface area contributed by atoms with E-state index in [0.29, 0.717) is 19.3 Å². The number of carbonyl (C=O) groups is 3. The van der Waals surface area contributed by atoms with Crippen molar-refractivity contribution in [2.75, 3.05) is 6.61 Å². The van der Waals surface area contributed by atoms with Crippen molar-refractivity contribution in [1.29, 1.82) is 0 Å². The molecule has 0 aromatic heterocycles. The van der Waals surface area contributed by atoms with Gasteiger partial charge in [-0.1, -0.05) is 25.5 Å². The first-order valence-electron chi connectivity index (χ1n) is 10.2. The van der Waals surface area contributed by atoms with Crippen molar-refractivity contribution in [1.82, 2.24) is 0 Å². The molecular weight excluding hydrogens is 457 g/mol. The third-order valence-corrected chi connectivity index (χ3v) is 8.67. The molecule has 0 bridgehead atoms. The quantitative estimate of drug-likeness (QED) is 0.309. The number of Topliss-reactive ketones (excluding diaryl/α,β-unsaturated/α-hetero) is 2. The summed E-state index contributed by atoms with van der Waals surface area (Å²) in [5.41, 5.74) is -2.59. The summed E-state index contributed by atoms with van der Waals surface area (Å²) in [5.74, 6) is -1.55. The van der Waals surface area contributed by atoms with Crippen molar-refractivity contribution >= 4 is 25.2 Å². The number of phosphoric ester groups is 1. The van der Waals surface area contributed by atoms with Crippen molar-refractivity contribution in [3.8, 4) is 0 Å². The normalized spacial score (nSPS) is 40.3. The molecule has 11 heteroatoms. The zero-order valence-corrected chi connectivity index (χ0v) is 23.9. The van der Waals surface area contributed by atoms with Crippen molar-refractivity contribution < 1.29 is 97.5 Å². The maximum absolute atomic E-state index is 13.4. The maximum atomic E-state index is 13.4. The van der Waals surface area contributed by atoms with Crippen LogP contribution < -0.4 is 68.9 Å². The van der Waals surface area contributed by atoms with Crippen LogP contribution in [0.25, 0.3) is 0 Å². The van der Waals surface area contributed by atoms with Gasteiger partial charge in [-0.05, 0) is 49.7 Å². The van der Waals surface area contributed by atoms with Gasteiger partial charge in [0.1, 0.15) is 18.0 Å². The van der Waals surface area contributed by atoms with Gasteiger partial charge in [0.2, 0.25) is 0 Å². The van der Waals surface area contributed by atoms with Crippen LogP contribution in [-0.4, -0.2) is 34.7 Å². The molecule has 4 aliphatic carbocycles. The zero-order valence-electron chi connectivity index (χ0n) is 19.0. The van der Waals surface area contributed by atoms with E-state index < -0.39 is 36.6 Å². The largest absolute Gasteiger partial charge is 1.00 e.